The normalized spacial score (nSPS) is 11.6. The minimum atomic E-state index is -3.79. The molecule has 1 aromatic carbocycles. The van der Waals surface area contributed by atoms with Crippen molar-refractivity contribution in [2.45, 2.75) is 31.1 Å². The van der Waals surface area contributed by atoms with Crippen LogP contribution in [0.15, 0.2) is 29.3 Å². The molecule has 0 aliphatic rings. The second kappa shape index (κ2) is 8.80. The Kier molecular flexibility index (Phi) is 7.01. The predicted molar refractivity (Wildman–Crippen MR) is 97.4 cm³/mol. The van der Waals surface area contributed by atoms with E-state index in [1.807, 2.05) is 6.92 Å². The highest BCUT2D eigenvalue weighted by molar-refractivity contribution is 7.89. The summed E-state index contributed by atoms with van der Waals surface area (Å²) >= 11 is 12.0. The van der Waals surface area contributed by atoms with Crippen molar-refractivity contribution in [1.82, 2.24) is 9.71 Å². The average molecular weight is 405 g/mol. The number of carbonyl (C=O) groups is 1. The van der Waals surface area contributed by atoms with Gasteiger partial charge in [-0.05, 0) is 18.6 Å². The fourth-order valence-corrected chi connectivity index (χ4v) is 3.57. The first-order valence-corrected chi connectivity index (χ1v) is 9.98. The van der Waals surface area contributed by atoms with Gasteiger partial charge in [0.2, 0.25) is 10.0 Å². The maximum absolute atomic E-state index is 12.4. The standard InChI is InChI=1S/C16H18Cl2N2O4S/c1-2-3-8-24-15(21)6-7-20-25(22,23)11-4-5-12-13(9-11)16(18)19-10-14(12)17/h4-5,9-10,20H,2-3,6-8H2,1H3. The first-order chi connectivity index (χ1) is 11.8. The number of carbonyl (C=O) groups excluding carboxylic acids is 1. The summed E-state index contributed by atoms with van der Waals surface area (Å²) in [5, 5.41) is 1.60. The summed E-state index contributed by atoms with van der Waals surface area (Å²) < 4.78 is 32.1. The average Bonchev–Trinajstić information content (AvgIpc) is 2.58. The summed E-state index contributed by atoms with van der Waals surface area (Å²) in [7, 11) is -3.79. The third-order valence-electron chi connectivity index (χ3n) is 3.45. The largest absolute Gasteiger partial charge is 0.466 e. The molecular formula is C16H18Cl2N2O4S. The molecule has 1 N–H and O–H groups in total. The molecule has 2 aromatic rings. The third-order valence-corrected chi connectivity index (χ3v) is 5.52. The number of fused-ring (bicyclic) bond motifs is 1. The van der Waals surface area contributed by atoms with E-state index in [0.717, 1.165) is 12.8 Å². The van der Waals surface area contributed by atoms with E-state index in [1.165, 1.54) is 18.3 Å². The monoisotopic (exact) mass is 404 g/mol. The lowest BCUT2D eigenvalue weighted by molar-refractivity contribution is -0.143. The topological polar surface area (TPSA) is 85.4 Å². The van der Waals surface area contributed by atoms with Crippen LogP contribution in [0.1, 0.15) is 26.2 Å². The maximum Gasteiger partial charge on any atom is 0.307 e. The minimum absolute atomic E-state index is 0.0188. The number of hydrogen-bond donors (Lipinski definition) is 1. The molecule has 0 bridgehead atoms. The van der Waals surface area contributed by atoms with Gasteiger partial charge in [0.25, 0.3) is 0 Å². The van der Waals surface area contributed by atoms with Crippen LogP contribution in [-0.2, 0) is 19.6 Å². The Morgan fingerprint density at radius 2 is 2.04 bits per heavy atom. The van der Waals surface area contributed by atoms with Gasteiger partial charge in [0.15, 0.2) is 0 Å². The number of esters is 1. The van der Waals surface area contributed by atoms with Crippen molar-refractivity contribution < 1.29 is 17.9 Å². The number of ether oxygens (including phenoxy) is 1. The van der Waals surface area contributed by atoms with Crippen molar-refractivity contribution in [2.75, 3.05) is 13.2 Å². The number of aromatic nitrogens is 1. The number of nitrogens with one attached hydrogen (secondary N) is 1. The van der Waals surface area contributed by atoms with Crippen LogP contribution in [0.25, 0.3) is 10.8 Å². The summed E-state index contributed by atoms with van der Waals surface area (Å²) in [5.41, 5.74) is 0. The number of nitrogens with zero attached hydrogens (tertiary/aromatic N) is 1. The fourth-order valence-electron chi connectivity index (χ4n) is 2.10. The van der Waals surface area contributed by atoms with E-state index in [2.05, 4.69) is 9.71 Å². The molecule has 25 heavy (non-hydrogen) atoms. The molecule has 1 aromatic heterocycles. The van der Waals surface area contributed by atoms with Gasteiger partial charge in [-0.3, -0.25) is 4.79 Å². The van der Waals surface area contributed by atoms with Gasteiger partial charge in [-0.2, -0.15) is 0 Å². The molecule has 0 fully saturated rings. The van der Waals surface area contributed by atoms with Gasteiger partial charge in [0, 0.05) is 23.5 Å². The number of halogens is 2. The van der Waals surface area contributed by atoms with Gasteiger partial charge in [-0.1, -0.05) is 42.6 Å². The minimum Gasteiger partial charge on any atom is -0.466 e. The summed E-state index contributed by atoms with van der Waals surface area (Å²) in [6.07, 6.45) is 3.07. The van der Waals surface area contributed by atoms with E-state index in [-0.39, 0.29) is 23.0 Å². The first-order valence-electron chi connectivity index (χ1n) is 7.74. The van der Waals surface area contributed by atoms with E-state index in [1.54, 1.807) is 6.07 Å². The first kappa shape index (κ1) is 19.9. The van der Waals surface area contributed by atoms with Crippen LogP contribution >= 0.6 is 23.2 Å². The molecule has 2 rings (SSSR count). The summed E-state index contributed by atoms with van der Waals surface area (Å²) in [5.74, 6) is -0.436. The molecule has 0 unspecified atom stereocenters. The van der Waals surface area contributed by atoms with Crippen molar-refractivity contribution in [3.05, 3.63) is 34.6 Å². The molecule has 136 valence electrons. The van der Waals surface area contributed by atoms with Crippen LogP contribution in [0.2, 0.25) is 10.2 Å². The molecule has 0 aliphatic heterocycles. The Hall–Kier alpha value is -1.41. The summed E-state index contributed by atoms with van der Waals surface area (Å²) in [6, 6.07) is 4.39. The Morgan fingerprint density at radius 1 is 1.28 bits per heavy atom. The van der Waals surface area contributed by atoms with Crippen molar-refractivity contribution in [2.24, 2.45) is 0 Å². The van der Waals surface area contributed by atoms with E-state index in [0.29, 0.717) is 22.4 Å². The molecule has 0 atom stereocenters. The highest BCUT2D eigenvalue weighted by Gasteiger charge is 2.16. The SMILES string of the molecule is CCCCOC(=O)CCNS(=O)(=O)c1ccc2c(Cl)cnc(Cl)c2c1. The van der Waals surface area contributed by atoms with Crippen LogP contribution in [0.4, 0.5) is 0 Å². The Labute approximate surface area is 156 Å². The Bertz CT molecular complexity index is 872. The van der Waals surface area contributed by atoms with Gasteiger partial charge in [0.05, 0.1) is 22.9 Å². The number of unbranched alkanes of at least 4 members (excludes halogenated alkanes) is 1. The Morgan fingerprint density at radius 3 is 2.76 bits per heavy atom. The highest BCUT2D eigenvalue weighted by Crippen LogP contribution is 2.29. The number of hydrogen-bond acceptors (Lipinski definition) is 5. The maximum atomic E-state index is 12.4. The van der Waals surface area contributed by atoms with Gasteiger partial charge >= 0.3 is 5.97 Å². The van der Waals surface area contributed by atoms with Crippen LogP contribution < -0.4 is 4.72 Å². The van der Waals surface area contributed by atoms with E-state index >= 15 is 0 Å². The number of benzene rings is 1. The van der Waals surface area contributed by atoms with Crippen LogP contribution in [0.5, 0.6) is 0 Å². The van der Waals surface area contributed by atoms with Gasteiger partial charge in [-0.25, -0.2) is 18.1 Å². The van der Waals surface area contributed by atoms with Crippen molar-refractivity contribution in [1.29, 1.82) is 0 Å². The van der Waals surface area contributed by atoms with Crippen LogP contribution in [0, 0.1) is 0 Å². The lowest BCUT2D eigenvalue weighted by Gasteiger charge is -2.09. The molecule has 0 aliphatic carbocycles. The van der Waals surface area contributed by atoms with Crippen LogP contribution in [-0.4, -0.2) is 32.5 Å². The smallest absolute Gasteiger partial charge is 0.307 e. The van der Waals surface area contributed by atoms with Gasteiger partial charge in [0.1, 0.15) is 5.15 Å². The van der Waals surface area contributed by atoms with Crippen molar-refractivity contribution in [3.63, 3.8) is 0 Å². The molecule has 9 heteroatoms. The van der Waals surface area contributed by atoms with E-state index in [4.69, 9.17) is 27.9 Å². The fraction of sp³-hybridized carbons (Fsp3) is 0.375. The number of sulfonamides is 1. The molecule has 0 spiro atoms. The lowest BCUT2D eigenvalue weighted by atomic mass is 10.2. The zero-order valence-corrected chi connectivity index (χ0v) is 15.9. The zero-order chi connectivity index (χ0) is 18.4. The molecule has 0 saturated carbocycles. The molecule has 0 radical (unpaired) electrons. The number of pyridine rings is 1. The molecule has 6 nitrogen and oxygen atoms in total. The second-order valence-corrected chi connectivity index (χ2v) is 7.86. The second-order valence-electron chi connectivity index (χ2n) is 5.33. The number of rotatable bonds is 8. The predicted octanol–water partition coefficient (Wildman–Crippen LogP) is 3.55. The quantitative estimate of drug-likeness (QED) is 0.413. The molecule has 1 heterocycles. The highest BCUT2D eigenvalue weighted by atomic mass is 35.5. The van der Waals surface area contributed by atoms with E-state index < -0.39 is 16.0 Å². The molecule has 0 amide bonds. The third kappa shape index (κ3) is 5.28. The molecule has 0 saturated heterocycles. The zero-order valence-electron chi connectivity index (χ0n) is 13.6. The van der Waals surface area contributed by atoms with Gasteiger partial charge in [-0.15, -0.1) is 0 Å². The van der Waals surface area contributed by atoms with Crippen LogP contribution in [0.3, 0.4) is 0 Å². The van der Waals surface area contributed by atoms with Gasteiger partial charge < -0.3 is 4.74 Å². The van der Waals surface area contributed by atoms with E-state index in [9.17, 15) is 13.2 Å². The lowest BCUT2D eigenvalue weighted by Crippen LogP contribution is -2.26. The van der Waals surface area contributed by atoms with Crippen molar-refractivity contribution in [3.8, 4) is 0 Å². The van der Waals surface area contributed by atoms with Crippen molar-refractivity contribution >= 4 is 50.0 Å². The Balaban J connectivity index is 2.06. The summed E-state index contributed by atoms with van der Waals surface area (Å²) in [4.78, 5) is 15.4. The summed E-state index contributed by atoms with van der Waals surface area (Å²) in [6.45, 7) is 2.28. The molecular weight excluding hydrogens is 387 g/mol.